The van der Waals surface area contributed by atoms with E-state index in [2.05, 4.69) is 0 Å². The number of hydrogen-bond donors (Lipinski definition) is 1. The average molecular weight is 313 g/mol. The number of rotatable bonds is 2. The lowest BCUT2D eigenvalue weighted by Crippen LogP contribution is -2.46. The molecular weight excluding hydrogens is 292 g/mol. The molecule has 1 unspecified atom stereocenters. The molecule has 0 radical (unpaired) electrons. The maximum atomic E-state index is 14.0. The summed E-state index contributed by atoms with van der Waals surface area (Å²) in [6.07, 6.45) is 2.41. The van der Waals surface area contributed by atoms with Gasteiger partial charge in [0, 0.05) is 30.8 Å². The summed E-state index contributed by atoms with van der Waals surface area (Å²) in [7, 11) is 0. The van der Waals surface area contributed by atoms with Crippen molar-refractivity contribution in [1.29, 1.82) is 0 Å². The van der Waals surface area contributed by atoms with E-state index in [4.69, 9.17) is 5.11 Å². The Labute approximate surface area is 127 Å². The minimum atomic E-state index is -2.59. The van der Waals surface area contributed by atoms with E-state index in [0.29, 0.717) is 38.8 Å². The minimum Gasteiger partial charge on any atom is -0.481 e. The number of fused-ring (bicyclic) bond motifs is 3. The molecule has 0 spiro atoms. The molecule has 1 N–H and O–H groups in total. The van der Waals surface area contributed by atoms with Gasteiger partial charge in [0.25, 0.3) is 5.92 Å². The van der Waals surface area contributed by atoms with Crippen molar-refractivity contribution in [2.24, 2.45) is 35.5 Å². The number of likely N-dealkylation sites (tertiary alicyclic amines) is 1. The number of piperidine rings is 1. The Morgan fingerprint density at radius 2 is 1.68 bits per heavy atom. The molecule has 4 aliphatic rings. The Balaban J connectivity index is 1.41. The van der Waals surface area contributed by atoms with Crippen molar-refractivity contribution < 1.29 is 23.5 Å². The second-order valence-corrected chi connectivity index (χ2v) is 7.58. The quantitative estimate of drug-likeness (QED) is 0.850. The van der Waals surface area contributed by atoms with Crippen LogP contribution in [0.2, 0.25) is 0 Å². The van der Waals surface area contributed by atoms with Crippen LogP contribution >= 0.6 is 0 Å². The summed E-state index contributed by atoms with van der Waals surface area (Å²) >= 11 is 0. The maximum Gasteiger partial charge on any atom is 0.307 e. The summed E-state index contributed by atoms with van der Waals surface area (Å²) < 4.78 is 27.9. The lowest BCUT2D eigenvalue weighted by atomic mass is 9.77. The zero-order valence-corrected chi connectivity index (χ0v) is 12.4. The fraction of sp³-hybridized carbons (Fsp3) is 0.875. The molecule has 1 heterocycles. The highest BCUT2D eigenvalue weighted by Gasteiger charge is 2.60. The predicted molar refractivity (Wildman–Crippen MR) is 73.2 cm³/mol. The largest absolute Gasteiger partial charge is 0.481 e. The average Bonchev–Trinajstić information content (AvgIpc) is 3.18. The van der Waals surface area contributed by atoms with Crippen molar-refractivity contribution in [3.8, 4) is 0 Å². The summed E-state index contributed by atoms with van der Waals surface area (Å²) in [4.78, 5) is 25.5. The number of hydrogen-bond acceptors (Lipinski definition) is 2. The number of aliphatic carboxylic acids is 1. The van der Waals surface area contributed by atoms with Crippen LogP contribution in [-0.2, 0) is 9.59 Å². The summed E-state index contributed by atoms with van der Waals surface area (Å²) in [6, 6.07) is 0. The molecule has 1 saturated heterocycles. The number of alkyl halides is 2. The van der Waals surface area contributed by atoms with E-state index in [1.807, 2.05) is 0 Å². The van der Waals surface area contributed by atoms with Crippen LogP contribution in [0.4, 0.5) is 8.78 Å². The maximum absolute atomic E-state index is 14.0. The smallest absolute Gasteiger partial charge is 0.307 e. The highest BCUT2D eigenvalue weighted by Crippen LogP contribution is 2.56. The molecule has 122 valence electrons. The highest BCUT2D eigenvalue weighted by molar-refractivity contribution is 5.80. The highest BCUT2D eigenvalue weighted by atomic mass is 19.3. The molecule has 1 aliphatic heterocycles. The first-order chi connectivity index (χ1) is 10.4. The van der Waals surface area contributed by atoms with E-state index in [1.165, 1.54) is 0 Å². The molecule has 3 aliphatic carbocycles. The lowest BCUT2D eigenvalue weighted by Gasteiger charge is -2.37. The topological polar surface area (TPSA) is 57.6 Å². The van der Waals surface area contributed by atoms with Gasteiger partial charge in [-0.25, -0.2) is 8.78 Å². The van der Waals surface area contributed by atoms with Crippen molar-refractivity contribution in [1.82, 2.24) is 4.90 Å². The normalized spacial score (nSPS) is 45.3. The number of halogens is 2. The van der Waals surface area contributed by atoms with Gasteiger partial charge in [-0.2, -0.15) is 0 Å². The third-order valence-corrected chi connectivity index (χ3v) is 6.53. The van der Waals surface area contributed by atoms with Crippen molar-refractivity contribution in [3.63, 3.8) is 0 Å². The van der Waals surface area contributed by atoms with E-state index in [1.54, 1.807) is 4.90 Å². The van der Waals surface area contributed by atoms with E-state index < -0.39 is 23.7 Å². The van der Waals surface area contributed by atoms with Gasteiger partial charge >= 0.3 is 5.97 Å². The molecule has 22 heavy (non-hydrogen) atoms. The van der Waals surface area contributed by atoms with Crippen LogP contribution in [-0.4, -0.2) is 40.9 Å². The van der Waals surface area contributed by atoms with Crippen LogP contribution in [0.25, 0.3) is 0 Å². The summed E-state index contributed by atoms with van der Waals surface area (Å²) in [5.41, 5.74) is 0. The number of carboxylic acids is 1. The van der Waals surface area contributed by atoms with Gasteiger partial charge in [0.15, 0.2) is 0 Å². The Morgan fingerprint density at radius 1 is 1.05 bits per heavy atom. The molecule has 4 fully saturated rings. The SMILES string of the molecule is O=C(O)[C@@H]1[C@@H]2CCN(C(=O)C3C[C@H]4CC[C@@H](C3)C4(F)F)C[C@@H]21. The lowest BCUT2D eigenvalue weighted by molar-refractivity contribution is -0.149. The standard InChI is InChI=1S/C16H21F2NO3/c17-16(18)9-1-2-10(16)6-8(5-9)14(20)19-4-3-11-12(7-19)13(11)15(21)22/h8-13H,1-7H2,(H,21,22)/t8?,9-,10+,11-,12+,13-/m1/s1. The molecule has 4 rings (SSSR count). The Bertz CT molecular complexity index is 508. The van der Waals surface area contributed by atoms with Gasteiger partial charge in [-0.1, -0.05) is 0 Å². The minimum absolute atomic E-state index is 0.0121. The van der Waals surface area contributed by atoms with Crippen LogP contribution in [0, 0.1) is 35.5 Å². The Hall–Kier alpha value is -1.20. The molecule has 4 nitrogen and oxygen atoms in total. The van der Waals surface area contributed by atoms with Gasteiger partial charge in [-0.15, -0.1) is 0 Å². The van der Waals surface area contributed by atoms with Crippen molar-refractivity contribution in [2.75, 3.05) is 13.1 Å². The van der Waals surface area contributed by atoms with Crippen LogP contribution in [0.5, 0.6) is 0 Å². The first kappa shape index (κ1) is 14.4. The number of carboxylic acid groups (broad SMARTS) is 1. The fourth-order valence-electron chi connectivity index (χ4n) is 5.22. The summed E-state index contributed by atoms with van der Waals surface area (Å²) in [5.74, 6) is -4.92. The van der Waals surface area contributed by atoms with Gasteiger partial charge in [-0.3, -0.25) is 9.59 Å². The first-order valence-electron chi connectivity index (χ1n) is 8.29. The molecule has 2 bridgehead atoms. The number of carbonyl (C=O) groups excluding carboxylic acids is 1. The Kier molecular flexibility index (Phi) is 3.04. The monoisotopic (exact) mass is 313 g/mol. The van der Waals surface area contributed by atoms with E-state index in [9.17, 15) is 18.4 Å². The predicted octanol–water partition coefficient (Wildman–Crippen LogP) is 2.24. The molecule has 6 heteroatoms. The van der Waals surface area contributed by atoms with Crippen LogP contribution < -0.4 is 0 Å². The van der Waals surface area contributed by atoms with Gasteiger partial charge in [0.2, 0.25) is 5.91 Å². The van der Waals surface area contributed by atoms with Gasteiger partial charge in [-0.05, 0) is 43.9 Å². The van der Waals surface area contributed by atoms with E-state index in [-0.39, 0.29) is 29.6 Å². The van der Waals surface area contributed by atoms with Gasteiger partial charge < -0.3 is 10.0 Å². The molecule has 3 saturated carbocycles. The fourth-order valence-corrected chi connectivity index (χ4v) is 5.22. The van der Waals surface area contributed by atoms with E-state index in [0.717, 1.165) is 6.42 Å². The number of carbonyl (C=O) groups is 2. The first-order valence-corrected chi connectivity index (χ1v) is 8.29. The second kappa shape index (κ2) is 4.65. The van der Waals surface area contributed by atoms with Crippen molar-refractivity contribution in [2.45, 2.75) is 38.0 Å². The van der Waals surface area contributed by atoms with Crippen molar-refractivity contribution in [3.05, 3.63) is 0 Å². The number of nitrogens with zero attached hydrogens (tertiary/aromatic N) is 1. The zero-order chi connectivity index (χ0) is 15.6. The second-order valence-electron chi connectivity index (χ2n) is 7.58. The van der Waals surface area contributed by atoms with Crippen molar-refractivity contribution >= 4 is 11.9 Å². The van der Waals surface area contributed by atoms with E-state index >= 15 is 0 Å². The molecule has 1 amide bonds. The third-order valence-electron chi connectivity index (χ3n) is 6.53. The molecule has 0 aromatic carbocycles. The molecular formula is C16H21F2NO3. The van der Waals surface area contributed by atoms with Gasteiger partial charge in [0.1, 0.15) is 0 Å². The van der Waals surface area contributed by atoms with Crippen LogP contribution in [0.3, 0.4) is 0 Å². The molecule has 0 aromatic heterocycles. The molecule has 6 atom stereocenters. The van der Waals surface area contributed by atoms with Gasteiger partial charge in [0.05, 0.1) is 5.92 Å². The molecule has 0 aromatic rings. The third kappa shape index (κ3) is 1.98. The summed E-state index contributed by atoms with van der Waals surface area (Å²) in [6.45, 7) is 1.09. The Morgan fingerprint density at radius 3 is 2.27 bits per heavy atom. The zero-order valence-electron chi connectivity index (χ0n) is 12.4. The van der Waals surface area contributed by atoms with Crippen LogP contribution in [0.1, 0.15) is 32.1 Å². The number of amides is 1. The van der Waals surface area contributed by atoms with Crippen LogP contribution in [0.15, 0.2) is 0 Å². The summed E-state index contributed by atoms with van der Waals surface area (Å²) in [5, 5.41) is 9.11.